The first-order valence-electron chi connectivity index (χ1n) is 9.47. The fourth-order valence-corrected chi connectivity index (χ4v) is 3.13. The molecule has 0 bridgehead atoms. The van der Waals surface area contributed by atoms with Gasteiger partial charge in [0.2, 0.25) is 0 Å². The van der Waals surface area contributed by atoms with Crippen LogP contribution in [0.25, 0.3) is 12.2 Å². The van der Waals surface area contributed by atoms with Gasteiger partial charge in [-0.15, -0.1) is 0 Å². The molecule has 1 aliphatic heterocycles. The summed E-state index contributed by atoms with van der Waals surface area (Å²) in [4.78, 5) is 42.1. The molecule has 1 aromatic heterocycles. The van der Waals surface area contributed by atoms with Crippen LogP contribution >= 0.6 is 0 Å². The SMILES string of the molecule is O=C(CCN1C(=O)c2ccccc2C1=O)Oc1ccc(/C=C/c2ccccn2)cc1. The van der Waals surface area contributed by atoms with Crippen molar-refractivity contribution in [2.75, 3.05) is 6.54 Å². The third kappa shape index (κ3) is 4.17. The fourth-order valence-electron chi connectivity index (χ4n) is 3.13. The smallest absolute Gasteiger partial charge is 0.312 e. The van der Waals surface area contributed by atoms with Crippen LogP contribution in [0.1, 0.15) is 38.4 Å². The van der Waals surface area contributed by atoms with E-state index in [1.54, 1.807) is 42.6 Å². The summed E-state index contributed by atoms with van der Waals surface area (Å²) in [5.74, 6) is -0.874. The summed E-state index contributed by atoms with van der Waals surface area (Å²) in [5, 5.41) is 0. The number of imide groups is 1. The van der Waals surface area contributed by atoms with E-state index in [-0.39, 0.29) is 24.8 Å². The highest BCUT2D eigenvalue weighted by molar-refractivity contribution is 6.21. The molecule has 0 aliphatic carbocycles. The Kier molecular flexibility index (Phi) is 5.48. The van der Waals surface area contributed by atoms with Crippen molar-refractivity contribution < 1.29 is 19.1 Å². The van der Waals surface area contributed by atoms with Crippen LogP contribution in [0, 0.1) is 0 Å². The minimum Gasteiger partial charge on any atom is -0.426 e. The monoisotopic (exact) mass is 398 g/mol. The Balaban J connectivity index is 1.31. The molecule has 0 atom stereocenters. The van der Waals surface area contributed by atoms with E-state index in [1.165, 1.54) is 0 Å². The quantitative estimate of drug-likeness (QED) is 0.358. The van der Waals surface area contributed by atoms with Crippen molar-refractivity contribution in [3.63, 3.8) is 0 Å². The molecular weight excluding hydrogens is 380 g/mol. The molecule has 6 heteroatoms. The molecule has 0 saturated carbocycles. The number of esters is 1. The van der Waals surface area contributed by atoms with E-state index in [0.29, 0.717) is 16.9 Å². The topological polar surface area (TPSA) is 76.6 Å². The van der Waals surface area contributed by atoms with Crippen LogP contribution in [0.5, 0.6) is 5.75 Å². The molecule has 0 N–H and O–H groups in total. The van der Waals surface area contributed by atoms with Crippen molar-refractivity contribution in [1.29, 1.82) is 0 Å². The predicted molar refractivity (Wildman–Crippen MR) is 112 cm³/mol. The number of rotatable bonds is 6. The van der Waals surface area contributed by atoms with Gasteiger partial charge in [-0.1, -0.05) is 36.4 Å². The summed E-state index contributed by atoms with van der Waals surface area (Å²) >= 11 is 0. The number of ether oxygens (including phenoxy) is 1. The van der Waals surface area contributed by atoms with E-state index in [0.717, 1.165) is 16.2 Å². The minimum absolute atomic E-state index is 0.0178. The van der Waals surface area contributed by atoms with Crippen molar-refractivity contribution in [3.8, 4) is 5.75 Å². The van der Waals surface area contributed by atoms with Gasteiger partial charge in [0.25, 0.3) is 11.8 Å². The van der Waals surface area contributed by atoms with Crippen LogP contribution in [0.4, 0.5) is 0 Å². The number of hydrogen-bond acceptors (Lipinski definition) is 5. The zero-order valence-corrected chi connectivity index (χ0v) is 16.0. The normalized spacial score (nSPS) is 13.0. The molecule has 0 fully saturated rings. The average Bonchev–Trinajstić information content (AvgIpc) is 3.02. The number of carbonyl (C=O) groups is 3. The van der Waals surface area contributed by atoms with E-state index in [4.69, 9.17) is 4.74 Å². The lowest BCUT2D eigenvalue weighted by Gasteiger charge is -2.13. The van der Waals surface area contributed by atoms with E-state index >= 15 is 0 Å². The van der Waals surface area contributed by atoms with Gasteiger partial charge in [0.1, 0.15) is 5.75 Å². The van der Waals surface area contributed by atoms with Crippen LogP contribution in [-0.4, -0.2) is 34.2 Å². The van der Waals surface area contributed by atoms with Gasteiger partial charge < -0.3 is 4.74 Å². The standard InChI is InChI=1S/C24H18N2O4/c27-22(14-16-26-23(28)20-6-1-2-7-21(20)24(26)29)30-19-12-9-17(10-13-19)8-11-18-5-3-4-15-25-18/h1-13,15H,14,16H2/b11-8+. The summed E-state index contributed by atoms with van der Waals surface area (Å²) in [6, 6.07) is 19.3. The second-order valence-corrected chi connectivity index (χ2v) is 6.69. The molecule has 2 aromatic carbocycles. The summed E-state index contributed by atoms with van der Waals surface area (Å²) < 4.78 is 5.31. The number of benzene rings is 2. The zero-order valence-electron chi connectivity index (χ0n) is 16.0. The minimum atomic E-state index is -0.511. The van der Waals surface area contributed by atoms with Crippen LogP contribution in [0.15, 0.2) is 72.9 Å². The highest BCUT2D eigenvalue weighted by Gasteiger charge is 2.35. The Hall–Kier alpha value is -4.06. The Labute approximate surface area is 173 Å². The van der Waals surface area contributed by atoms with E-state index in [2.05, 4.69) is 4.98 Å². The molecule has 2 amide bonds. The number of hydrogen-bond donors (Lipinski definition) is 0. The molecule has 6 nitrogen and oxygen atoms in total. The van der Waals surface area contributed by atoms with Gasteiger partial charge in [0.05, 0.1) is 23.2 Å². The van der Waals surface area contributed by atoms with Crippen LogP contribution in [-0.2, 0) is 4.79 Å². The summed E-state index contributed by atoms with van der Waals surface area (Å²) in [7, 11) is 0. The van der Waals surface area contributed by atoms with Crippen molar-refractivity contribution in [3.05, 3.63) is 95.3 Å². The second-order valence-electron chi connectivity index (χ2n) is 6.69. The predicted octanol–water partition coefficient (Wildman–Crippen LogP) is 3.84. The molecule has 0 spiro atoms. The first-order chi connectivity index (χ1) is 14.6. The summed E-state index contributed by atoms with van der Waals surface area (Å²) in [6.07, 6.45) is 5.45. The maximum Gasteiger partial charge on any atom is 0.312 e. The number of pyridine rings is 1. The lowest BCUT2D eigenvalue weighted by atomic mass is 10.1. The lowest BCUT2D eigenvalue weighted by molar-refractivity contribution is -0.134. The largest absolute Gasteiger partial charge is 0.426 e. The van der Waals surface area contributed by atoms with Crippen molar-refractivity contribution in [2.45, 2.75) is 6.42 Å². The maximum atomic E-state index is 12.3. The molecule has 4 rings (SSSR count). The maximum absolute atomic E-state index is 12.3. The fraction of sp³-hybridized carbons (Fsp3) is 0.0833. The average molecular weight is 398 g/mol. The summed E-state index contributed by atoms with van der Waals surface area (Å²) in [6.45, 7) is -0.0178. The molecule has 0 radical (unpaired) electrons. The molecule has 3 aromatic rings. The zero-order chi connectivity index (χ0) is 20.9. The van der Waals surface area contributed by atoms with Crippen molar-refractivity contribution in [2.24, 2.45) is 0 Å². The number of amides is 2. The van der Waals surface area contributed by atoms with E-state index in [1.807, 2.05) is 42.5 Å². The van der Waals surface area contributed by atoms with E-state index in [9.17, 15) is 14.4 Å². The first-order valence-corrected chi connectivity index (χ1v) is 9.47. The number of aromatic nitrogens is 1. The number of fused-ring (bicyclic) bond motifs is 1. The van der Waals surface area contributed by atoms with Crippen LogP contribution in [0.2, 0.25) is 0 Å². The number of carbonyl (C=O) groups excluding carboxylic acids is 3. The number of nitrogens with zero attached hydrogens (tertiary/aromatic N) is 2. The van der Waals surface area contributed by atoms with Crippen molar-refractivity contribution >= 4 is 29.9 Å². The highest BCUT2D eigenvalue weighted by atomic mass is 16.5. The molecular formula is C24H18N2O4. The van der Waals surface area contributed by atoms with Gasteiger partial charge in [-0.2, -0.15) is 0 Å². The molecule has 0 unspecified atom stereocenters. The van der Waals surface area contributed by atoms with Gasteiger partial charge in [-0.05, 0) is 48.0 Å². The van der Waals surface area contributed by atoms with Gasteiger partial charge in [-0.25, -0.2) is 0 Å². The first kappa shape index (κ1) is 19.3. The van der Waals surface area contributed by atoms with Crippen molar-refractivity contribution in [1.82, 2.24) is 9.88 Å². The molecule has 2 heterocycles. The third-order valence-corrected chi connectivity index (χ3v) is 4.66. The Bertz CT molecular complexity index is 1090. The summed E-state index contributed by atoms with van der Waals surface area (Å²) in [5.41, 5.74) is 2.52. The van der Waals surface area contributed by atoms with Gasteiger partial charge in [0.15, 0.2) is 0 Å². The lowest BCUT2D eigenvalue weighted by Crippen LogP contribution is -2.32. The van der Waals surface area contributed by atoms with Crippen LogP contribution in [0.3, 0.4) is 0 Å². The Morgan fingerprint density at radius 1 is 0.867 bits per heavy atom. The van der Waals surface area contributed by atoms with Gasteiger partial charge >= 0.3 is 5.97 Å². The van der Waals surface area contributed by atoms with Gasteiger partial charge in [0, 0.05) is 12.7 Å². The molecule has 30 heavy (non-hydrogen) atoms. The van der Waals surface area contributed by atoms with E-state index < -0.39 is 5.97 Å². The molecule has 1 aliphatic rings. The highest BCUT2D eigenvalue weighted by Crippen LogP contribution is 2.22. The third-order valence-electron chi connectivity index (χ3n) is 4.66. The van der Waals surface area contributed by atoms with Crippen LogP contribution < -0.4 is 4.74 Å². The Morgan fingerprint density at radius 2 is 1.53 bits per heavy atom. The van der Waals surface area contributed by atoms with Gasteiger partial charge in [-0.3, -0.25) is 24.3 Å². The Morgan fingerprint density at radius 3 is 2.17 bits per heavy atom. The molecule has 148 valence electrons. The molecule has 0 saturated heterocycles. The second kappa shape index (κ2) is 8.53.